The number of aromatic nitrogens is 2. The van der Waals surface area contributed by atoms with Gasteiger partial charge in [0.15, 0.2) is 0 Å². The second-order valence-corrected chi connectivity index (χ2v) is 4.26. The lowest BCUT2D eigenvalue weighted by atomic mass is 9.94. The summed E-state index contributed by atoms with van der Waals surface area (Å²) in [6.07, 6.45) is 8.52. The second kappa shape index (κ2) is 5.21. The number of hydrogen-bond acceptors (Lipinski definition) is 3. The molecule has 2 heterocycles. The molecule has 0 spiro atoms. The van der Waals surface area contributed by atoms with Gasteiger partial charge in [0, 0.05) is 18.8 Å². The van der Waals surface area contributed by atoms with Crippen LogP contribution in [-0.4, -0.2) is 23.1 Å². The van der Waals surface area contributed by atoms with E-state index in [0.717, 1.165) is 37.7 Å². The molecule has 0 unspecified atom stereocenters. The molecule has 0 atom stereocenters. The van der Waals surface area contributed by atoms with Crippen molar-refractivity contribution in [3.63, 3.8) is 0 Å². The zero-order valence-corrected chi connectivity index (χ0v) is 9.37. The third-order valence-electron chi connectivity index (χ3n) is 3.10. The van der Waals surface area contributed by atoms with Crippen molar-refractivity contribution in [1.29, 1.82) is 0 Å². The number of aryl methyl sites for hydroxylation is 1. The lowest BCUT2D eigenvalue weighted by molar-refractivity contribution is 0.367. The average Bonchev–Trinajstić information content (AvgIpc) is 2.31. The zero-order valence-electron chi connectivity index (χ0n) is 9.37. The minimum atomic E-state index is 0.777. The van der Waals surface area contributed by atoms with E-state index in [9.17, 15) is 0 Å². The fraction of sp³-hybridized carbons (Fsp3) is 0.667. The SMILES string of the molecule is CCc1cnc(CC2CCNCC2)nc1. The van der Waals surface area contributed by atoms with Crippen LogP contribution < -0.4 is 5.32 Å². The van der Waals surface area contributed by atoms with E-state index in [-0.39, 0.29) is 0 Å². The van der Waals surface area contributed by atoms with Crippen LogP contribution in [0, 0.1) is 5.92 Å². The molecular formula is C12H19N3. The van der Waals surface area contributed by atoms with Crippen LogP contribution >= 0.6 is 0 Å². The van der Waals surface area contributed by atoms with Crippen molar-refractivity contribution in [2.45, 2.75) is 32.6 Å². The zero-order chi connectivity index (χ0) is 10.5. The minimum Gasteiger partial charge on any atom is -0.317 e. The van der Waals surface area contributed by atoms with E-state index < -0.39 is 0 Å². The van der Waals surface area contributed by atoms with Gasteiger partial charge in [-0.3, -0.25) is 0 Å². The minimum absolute atomic E-state index is 0.777. The number of hydrogen-bond donors (Lipinski definition) is 1. The van der Waals surface area contributed by atoms with Gasteiger partial charge in [0.25, 0.3) is 0 Å². The fourth-order valence-electron chi connectivity index (χ4n) is 2.01. The summed E-state index contributed by atoms with van der Waals surface area (Å²) in [5.74, 6) is 1.79. The van der Waals surface area contributed by atoms with Crippen molar-refractivity contribution in [1.82, 2.24) is 15.3 Å². The molecule has 0 saturated carbocycles. The van der Waals surface area contributed by atoms with E-state index in [1.165, 1.54) is 18.4 Å². The summed E-state index contributed by atoms with van der Waals surface area (Å²) in [6, 6.07) is 0. The van der Waals surface area contributed by atoms with Gasteiger partial charge in [0.1, 0.15) is 5.82 Å². The Balaban J connectivity index is 1.91. The largest absolute Gasteiger partial charge is 0.317 e. The van der Waals surface area contributed by atoms with Crippen LogP contribution in [0.25, 0.3) is 0 Å². The Morgan fingerprint density at radius 2 is 1.93 bits per heavy atom. The van der Waals surface area contributed by atoms with E-state index in [2.05, 4.69) is 22.2 Å². The van der Waals surface area contributed by atoms with Gasteiger partial charge in [0.05, 0.1) is 0 Å². The van der Waals surface area contributed by atoms with Crippen LogP contribution in [0.5, 0.6) is 0 Å². The Labute approximate surface area is 91.3 Å². The van der Waals surface area contributed by atoms with Gasteiger partial charge in [-0.05, 0) is 43.8 Å². The second-order valence-electron chi connectivity index (χ2n) is 4.26. The lowest BCUT2D eigenvalue weighted by Crippen LogP contribution is -2.29. The molecule has 3 nitrogen and oxygen atoms in total. The van der Waals surface area contributed by atoms with Gasteiger partial charge in [-0.25, -0.2) is 9.97 Å². The van der Waals surface area contributed by atoms with Crippen LogP contribution in [-0.2, 0) is 12.8 Å². The first-order chi connectivity index (χ1) is 7.38. The molecule has 15 heavy (non-hydrogen) atoms. The third kappa shape index (κ3) is 2.99. The predicted octanol–water partition coefficient (Wildman–Crippen LogP) is 1.58. The van der Waals surface area contributed by atoms with Gasteiger partial charge in [-0.15, -0.1) is 0 Å². The van der Waals surface area contributed by atoms with Crippen LogP contribution in [0.1, 0.15) is 31.2 Å². The summed E-state index contributed by atoms with van der Waals surface area (Å²) in [5.41, 5.74) is 1.23. The fourth-order valence-corrected chi connectivity index (χ4v) is 2.01. The first kappa shape index (κ1) is 10.6. The molecule has 1 N–H and O–H groups in total. The summed E-state index contributed by atoms with van der Waals surface area (Å²) in [7, 11) is 0. The Morgan fingerprint density at radius 1 is 1.27 bits per heavy atom. The molecule has 1 aliphatic rings. The molecule has 1 aromatic heterocycles. The van der Waals surface area contributed by atoms with Crippen molar-refractivity contribution >= 4 is 0 Å². The van der Waals surface area contributed by atoms with Crippen molar-refractivity contribution < 1.29 is 0 Å². The maximum atomic E-state index is 4.41. The normalized spacial score (nSPS) is 17.9. The van der Waals surface area contributed by atoms with Crippen molar-refractivity contribution in [3.8, 4) is 0 Å². The molecule has 1 aliphatic heterocycles. The van der Waals surface area contributed by atoms with Crippen molar-refractivity contribution in [2.75, 3.05) is 13.1 Å². The number of nitrogens with one attached hydrogen (secondary N) is 1. The Bertz CT molecular complexity index is 288. The molecule has 0 amide bonds. The van der Waals surface area contributed by atoms with Gasteiger partial charge in [-0.1, -0.05) is 6.92 Å². The Kier molecular flexibility index (Phi) is 3.67. The summed E-state index contributed by atoms with van der Waals surface area (Å²) in [5, 5.41) is 3.38. The van der Waals surface area contributed by atoms with Crippen molar-refractivity contribution in [2.24, 2.45) is 5.92 Å². The van der Waals surface area contributed by atoms with E-state index in [4.69, 9.17) is 0 Å². The molecule has 2 rings (SSSR count). The predicted molar refractivity (Wildman–Crippen MR) is 60.7 cm³/mol. The first-order valence-corrected chi connectivity index (χ1v) is 5.89. The molecule has 3 heteroatoms. The maximum absolute atomic E-state index is 4.41. The molecule has 1 saturated heterocycles. The van der Waals surface area contributed by atoms with Crippen LogP contribution in [0.3, 0.4) is 0 Å². The topological polar surface area (TPSA) is 37.8 Å². The molecule has 1 fully saturated rings. The highest BCUT2D eigenvalue weighted by molar-refractivity contribution is 5.05. The molecular weight excluding hydrogens is 186 g/mol. The van der Waals surface area contributed by atoms with Gasteiger partial charge in [0.2, 0.25) is 0 Å². The van der Waals surface area contributed by atoms with Crippen molar-refractivity contribution in [3.05, 3.63) is 23.8 Å². The smallest absolute Gasteiger partial charge is 0.128 e. The highest BCUT2D eigenvalue weighted by atomic mass is 14.9. The van der Waals surface area contributed by atoms with E-state index in [1.54, 1.807) is 0 Å². The summed E-state index contributed by atoms with van der Waals surface area (Å²) >= 11 is 0. The first-order valence-electron chi connectivity index (χ1n) is 5.89. The number of rotatable bonds is 3. The van der Waals surface area contributed by atoms with Gasteiger partial charge in [-0.2, -0.15) is 0 Å². The highest BCUT2D eigenvalue weighted by Crippen LogP contribution is 2.15. The number of piperidine rings is 1. The van der Waals surface area contributed by atoms with Gasteiger partial charge < -0.3 is 5.32 Å². The molecule has 82 valence electrons. The quantitative estimate of drug-likeness (QED) is 0.814. The van der Waals surface area contributed by atoms with E-state index in [1.807, 2.05) is 12.4 Å². The third-order valence-corrected chi connectivity index (χ3v) is 3.10. The molecule has 0 radical (unpaired) electrons. The molecule has 0 bridgehead atoms. The number of nitrogens with zero attached hydrogens (tertiary/aromatic N) is 2. The summed E-state index contributed by atoms with van der Waals surface area (Å²) in [6.45, 7) is 4.43. The van der Waals surface area contributed by atoms with E-state index in [0.29, 0.717) is 0 Å². The van der Waals surface area contributed by atoms with Gasteiger partial charge >= 0.3 is 0 Å². The highest BCUT2D eigenvalue weighted by Gasteiger charge is 2.14. The lowest BCUT2D eigenvalue weighted by Gasteiger charge is -2.21. The molecule has 1 aromatic rings. The molecule has 0 aromatic carbocycles. The van der Waals surface area contributed by atoms with E-state index >= 15 is 0 Å². The maximum Gasteiger partial charge on any atom is 0.128 e. The van der Waals surface area contributed by atoms with Crippen LogP contribution in [0.2, 0.25) is 0 Å². The summed E-state index contributed by atoms with van der Waals surface area (Å²) < 4.78 is 0. The van der Waals surface area contributed by atoms with Crippen LogP contribution in [0.15, 0.2) is 12.4 Å². The van der Waals surface area contributed by atoms with Crippen LogP contribution in [0.4, 0.5) is 0 Å². The standard InChI is InChI=1S/C12H19N3/c1-2-10-8-14-12(15-9-10)7-11-3-5-13-6-4-11/h8-9,11,13H,2-7H2,1H3. The Hall–Kier alpha value is -0.960. The Morgan fingerprint density at radius 3 is 2.53 bits per heavy atom. The monoisotopic (exact) mass is 205 g/mol. The molecule has 0 aliphatic carbocycles. The summed E-state index contributed by atoms with van der Waals surface area (Å²) in [4.78, 5) is 8.82. The average molecular weight is 205 g/mol.